The number of fused-ring (bicyclic) bond motifs is 1. The number of nitrogens with zero attached hydrogens (tertiary/aromatic N) is 5. The molecular formula is C31H33N5O5. The first-order valence-corrected chi connectivity index (χ1v) is 14.0. The number of aromatic nitrogens is 4. The van der Waals surface area contributed by atoms with Crippen LogP contribution in [0.1, 0.15) is 70.0 Å². The molecule has 10 nitrogen and oxygen atoms in total. The number of ketones is 1. The number of likely N-dealkylation sites (tertiary alicyclic amines) is 1. The normalized spacial score (nSPS) is 17.8. The van der Waals surface area contributed by atoms with Crippen molar-refractivity contribution in [2.45, 2.75) is 57.9 Å². The lowest BCUT2D eigenvalue weighted by Gasteiger charge is -2.32. The van der Waals surface area contributed by atoms with Crippen molar-refractivity contribution in [3.05, 3.63) is 83.1 Å². The molecule has 3 aromatic heterocycles. The minimum atomic E-state index is -0.939. The molecule has 1 aromatic carbocycles. The van der Waals surface area contributed by atoms with Crippen molar-refractivity contribution in [2.24, 2.45) is 0 Å². The van der Waals surface area contributed by atoms with Gasteiger partial charge in [-0.2, -0.15) is 0 Å². The molecule has 1 atom stereocenters. The van der Waals surface area contributed by atoms with Gasteiger partial charge >= 0.3 is 5.97 Å². The van der Waals surface area contributed by atoms with Crippen LogP contribution < -0.4 is 4.74 Å². The molecule has 41 heavy (non-hydrogen) atoms. The summed E-state index contributed by atoms with van der Waals surface area (Å²) in [5, 5.41) is 9.50. The van der Waals surface area contributed by atoms with Gasteiger partial charge in [-0.1, -0.05) is 6.07 Å². The molecule has 6 rings (SSSR count). The highest BCUT2D eigenvalue weighted by Crippen LogP contribution is 2.30. The van der Waals surface area contributed by atoms with E-state index in [9.17, 15) is 14.7 Å². The summed E-state index contributed by atoms with van der Waals surface area (Å²) < 4.78 is 13.7. The maximum atomic E-state index is 11.6. The molecule has 5 heterocycles. The van der Waals surface area contributed by atoms with Gasteiger partial charge in [0.2, 0.25) is 5.88 Å². The number of Topliss-reactive ketones (excluding diaryl/α,β-unsaturated/α-hetero) is 1. The zero-order valence-corrected chi connectivity index (χ0v) is 23.0. The SMILES string of the molecule is CC(=O)c1ccc(COc2cccc(C3CCN(Cc4nc5ccc(C(=O)O)cc5n4C[C@@H]4CCO4)CC3)n2)nc1. The van der Waals surface area contributed by atoms with Gasteiger partial charge in [0.15, 0.2) is 5.78 Å². The van der Waals surface area contributed by atoms with E-state index < -0.39 is 5.97 Å². The van der Waals surface area contributed by atoms with Crippen LogP contribution in [0.5, 0.6) is 5.88 Å². The van der Waals surface area contributed by atoms with Gasteiger partial charge in [0.25, 0.3) is 0 Å². The standard InChI is InChI=1S/C31H33N5O5/c1-20(37)23-5-7-24(32-16-23)19-41-30-4-2-3-26(34-30)21-9-12-35(13-10-21)18-29-33-27-8-6-22(31(38)39)15-28(27)36(29)17-25-11-14-40-25/h2-8,15-16,21,25H,9-14,17-19H2,1H3,(H,38,39)/t25-/m0/s1. The molecule has 2 aliphatic heterocycles. The van der Waals surface area contributed by atoms with Crippen LogP contribution >= 0.6 is 0 Å². The molecule has 0 radical (unpaired) electrons. The van der Waals surface area contributed by atoms with E-state index in [4.69, 9.17) is 19.4 Å². The molecule has 1 N–H and O–H groups in total. The highest BCUT2D eigenvalue weighted by atomic mass is 16.5. The van der Waals surface area contributed by atoms with E-state index in [0.717, 1.165) is 67.2 Å². The van der Waals surface area contributed by atoms with Crippen molar-refractivity contribution < 1.29 is 24.2 Å². The predicted molar refractivity (Wildman–Crippen MR) is 151 cm³/mol. The summed E-state index contributed by atoms with van der Waals surface area (Å²) in [6, 6.07) is 14.6. The van der Waals surface area contributed by atoms with Gasteiger partial charge in [-0.15, -0.1) is 0 Å². The minimum Gasteiger partial charge on any atom is -0.478 e. The van der Waals surface area contributed by atoms with Crippen molar-refractivity contribution in [1.82, 2.24) is 24.4 Å². The Morgan fingerprint density at radius 3 is 2.54 bits per heavy atom. The summed E-state index contributed by atoms with van der Waals surface area (Å²) in [6.07, 6.45) is 4.66. The number of carbonyl (C=O) groups excluding carboxylic acids is 1. The Labute approximate surface area is 238 Å². The average molecular weight is 556 g/mol. The summed E-state index contributed by atoms with van der Waals surface area (Å²) in [7, 11) is 0. The first kappa shape index (κ1) is 27.0. The lowest BCUT2D eigenvalue weighted by molar-refractivity contribution is -0.0592. The lowest BCUT2D eigenvalue weighted by Crippen LogP contribution is -2.35. The number of carboxylic acids is 1. The molecule has 0 amide bonds. The highest BCUT2D eigenvalue weighted by Gasteiger charge is 2.26. The zero-order valence-electron chi connectivity index (χ0n) is 23.0. The van der Waals surface area contributed by atoms with Crippen LogP contribution in [0.2, 0.25) is 0 Å². The molecule has 0 spiro atoms. The van der Waals surface area contributed by atoms with Gasteiger partial charge in [0.05, 0.1) is 41.5 Å². The number of carbonyl (C=O) groups is 2. The fourth-order valence-corrected chi connectivity index (χ4v) is 5.45. The molecular weight excluding hydrogens is 522 g/mol. The summed E-state index contributed by atoms with van der Waals surface area (Å²) in [6.45, 7) is 5.77. The third-order valence-electron chi connectivity index (χ3n) is 7.97. The quantitative estimate of drug-likeness (QED) is 0.283. The number of ether oxygens (including phenoxy) is 2. The highest BCUT2D eigenvalue weighted by molar-refractivity contribution is 5.93. The second-order valence-corrected chi connectivity index (χ2v) is 10.8. The van der Waals surface area contributed by atoms with E-state index in [1.54, 1.807) is 36.5 Å². The summed E-state index contributed by atoms with van der Waals surface area (Å²) in [5.41, 5.74) is 4.27. The Bertz CT molecular complexity index is 1560. The third kappa shape index (κ3) is 6.13. The Balaban J connectivity index is 1.09. The van der Waals surface area contributed by atoms with Gasteiger partial charge in [0, 0.05) is 36.0 Å². The monoisotopic (exact) mass is 555 g/mol. The fourth-order valence-electron chi connectivity index (χ4n) is 5.45. The first-order chi connectivity index (χ1) is 19.9. The molecule has 10 heteroatoms. The third-order valence-corrected chi connectivity index (χ3v) is 7.97. The topological polar surface area (TPSA) is 120 Å². The number of piperidine rings is 1. The second-order valence-electron chi connectivity index (χ2n) is 10.8. The molecule has 2 fully saturated rings. The van der Waals surface area contributed by atoms with Gasteiger partial charge in [-0.3, -0.25) is 14.7 Å². The summed E-state index contributed by atoms with van der Waals surface area (Å²) in [4.78, 5) is 39.4. The van der Waals surface area contributed by atoms with E-state index >= 15 is 0 Å². The Hall–Kier alpha value is -4.15. The largest absolute Gasteiger partial charge is 0.478 e. The number of hydrogen-bond acceptors (Lipinski definition) is 8. The number of carboxylic acid groups (broad SMARTS) is 1. The van der Waals surface area contributed by atoms with E-state index in [-0.39, 0.29) is 24.1 Å². The van der Waals surface area contributed by atoms with Crippen LogP contribution in [0.15, 0.2) is 54.7 Å². The number of rotatable bonds is 10. The Morgan fingerprint density at radius 2 is 1.85 bits per heavy atom. The molecule has 212 valence electrons. The maximum Gasteiger partial charge on any atom is 0.335 e. The van der Waals surface area contributed by atoms with Crippen LogP contribution in [-0.4, -0.2) is 67.1 Å². The summed E-state index contributed by atoms with van der Waals surface area (Å²) >= 11 is 0. The zero-order chi connectivity index (χ0) is 28.3. The number of hydrogen-bond donors (Lipinski definition) is 1. The minimum absolute atomic E-state index is 0.0124. The number of imidazole rings is 1. The molecule has 2 aliphatic rings. The van der Waals surface area contributed by atoms with Crippen molar-refractivity contribution >= 4 is 22.8 Å². The molecule has 0 aliphatic carbocycles. The molecule has 0 saturated carbocycles. The number of benzene rings is 1. The fraction of sp³-hybridized carbons (Fsp3) is 0.387. The molecule has 4 aromatic rings. The number of aromatic carboxylic acids is 1. The summed E-state index contributed by atoms with van der Waals surface area (Å²) in [5.74, 6) is 0.890. The van der Waals surface area contributed by atoms with Crippen molar-refractivity contribution in [2.75, 3.05) is 19.7 Å². The second kappa shape index (κ2) is 11.8. The van der Waals surface area contributed by atoms with E-state index in [1.807, 2.05) is 12.1 Å². The van der Waals surface area contributed by atoms with Gasteiger partial charge in [-0.05, 0) is 75.7 Å². The Morgan fingerprint density at radius 1 is 1.05 bits per heavy atom. The van der Waals surface area contributed by atoms with Gasteiger partial charge in [-0.25, -0.2) is 14.8 Å². The van der Waals surface area contributed by atoms with Crippen LogP contribution in [0.25, 0.3) is 11.0 Å². The van der Waals surface area contributed by atoms with E-state index in [1.165, 1.54) is 6.92 Å². The van der Waals surface area contributed by atoms with Gasteiger partial charge < -0.3 is 19.1 Å². The predicted octanol–water partition coefficient (Wildman–Crippen LogP) is 4.47. The maximum absolute atomic E-state index is 11.6. The smallest absolute Gasteiger partial charge is 0.335 e. The van der Waals surface area contributed by atoms with Crippen molar-refractivity contribution in [3.8, 4) is 5.88 Å². The van der Waals surface area contributed by atoms with Crippen LogP contribution in [0, 0.1) is 0 Å². The number of pyridine rings is 2. The van der Waals surface area contributed by atoms with Crippen LogP contribution in [0.4, 0.5) is 0 Å². The molecule has 2 saturated heterocycles. The van der Waals surface area contributed by atoms with Crippen LogP contribution in [-0.2, 0) is 24.4 Å². The van der Waals surface area contributed by atoms with Crippen molar-refractivity contribution in [3.63, 3.8) is 0 Å². The average Bonchev–Trinajstić information content (AvgIpc) is 3.30. The Kier molecular flexibility index (Phi) is 7.76. The van der Waals surface area contributed by atoms with Gasteiger partial charge in [0.1, 0.15) is 12.4 Å². The molecule has 0 unspecified atom stereocenters. The van der Waals surface area contributed by atoms with E-state index in [2.05, 4.69) is 20.5 Å². The van der Waals surface area contributed by atoms with E-state index in [0.29, 0.717) is 30.5 Å². The molecule has 0 bridgehead atoms. The van der Waals surface area contributed by atoms with Crippen molar-refractivity contribution in [1.29, 1.82) is 0 Å². The lowest BCUT2D eigenvalue weighted by atomic mass is 9.93. The first-order valence-electron chi connectivity index (χ1n) is 14.0. The van der Waals surface area contributed by atoms with Crippen LogP contribution in [0.3, 0.4) is 0 Å².